The highest BCUT2D eigenvalue weighted by Crippen LogP contribution is 3.08. The molecule has 1 aromatic heterocycles. The maximum absolute atomic E-state index is 14.1. The summed E-state index contributed by atoms with van der Waals surface area (Å²) in [5.74, 6) is 0.772. The van der Waals surface area contributed by atoms with E-state index in [4.69, 9.17) is 21.3 Å². The molecule has 238 valence electrons. The van der Waals surface area contributed by atoms with Crippen LogP contribution in [0.25, 0.3) is 0 Å². The van der Waals surface area contributed by atoms with Crippen molar-refractivity contribution in [3.05, 3.63) is 62.5 Å². The average molecular weight is 665 g/mol. The summed E-state index contributed by atoms with van der Waals surface area (Å²) in [6.45, 7) is 4.73. The summed E-state index contributed by atoms with van der Waals surface area (Å²) in [6, 6.07) is 3.32. The molecule has 11 nitrogen and oxygen atoms in total. The van der Waals surface area contributed by atoms with Gasteiger partial charge in [-0.3, -0.25) is 14.7 Å². The number of carbonyl (C=O) groups excluding carboxylic acids is 2. The van der Waals surface area contributed by atoms with Crippen molar-refractivity contribution in [2.45, 2.75) is 24.5 Å². The molecule has 1 aromatic carbocycles. The van der Waals surface area contributed by atoms with E-state index >= 15 is 0 Å². The zero-order chi connectivity index (χ0) is 31.4. The average Bonchev–Trinajstić information content (AvgIpc) is 3.69. The normalized spacial score (nSPS) is 40.4. The van der Waals surface area contributed by atoms with Gasteiger partial charge in [0.2, 0.25) is 0 Å². The number of carbonyl (C=O) groups is 3. The topological polar surface area (TPSA) is 128 Å². The predicted molar refractivity (Wildman–Crippen MR) is 162 cm³/mol. The molecule has 2 saturated heterocycles. The number of amidine groups is 1. The number of aromatic nitrogens is 1. The predicted octanol–water partition coefficient (Wildman–Crippen LogP) is 2.84. The van der Waals surface area contributed by atoms with Crippen molar-refractivity contribution >= 4 is 46.7 Å². The molecule has 0 spiro atoms. The van der Waals surface area contributed by atoms with Crippen LogP contribution < -0.4 is 5.32 Å². The lowest BCUT2D eigenvalue weighted by Gasteiger charge is -3.10. The third kappa shape index (κ3) is 2.86. The fourth-order valence-corrected chi connectivity index (χ4v) is 12.3. The third-order valence-corrected chi connectivity index (χ3v) is 13.9. The van der Waals surface area contributed by atoms with Crippen LogP contribution in [0.3, 0.4) is 0 Å². The van der Waals surface area contributed by atoms with Crippen molar-refractivity contribution in [3.8, 4) is 0 Å². The van der Waals surface area contributed by atoms with Crippen molar-refractivity contribution in [1.29, 1.82) is 0 Å². The minimum absolute atomic E-state index is 0.0000158. The van der Waals surface area contributed by atoms with Gasteiger partial charge in [0.25, 0.3) is 0 Å². The summed E-state index contributed by atoms with van der Waals surface area (Å²) in [5, 5.41) is 15.9. The maximum Gasteiger partial charge on any atom is 0.338 e. The number of aliphatic imine (C=N–C) groups is 1. The molecule has 6 aliphatic carbocycles. The van der Waals surface area contributed by atoms with E-state index < -0.39 is 29.2 Å². The minimum atomic E-state index is -0.838. The highest BCUT2D eigenvalue weighted by Gasteiger charge is 3.13. The molecular weight excluding hydrogens is 635 g/mol. The van der Waals surface area contributed by atoms with Crippen molar-refractivity contribution in [2.24, 2.45) is 45.9 Å². The van der Waals surface area contributed by atoms with Crippen LogP contribution in [0.1, 0.15) is 23.5 Å². The first-order valence-corrected chi connectivity index (χ1v) is 17.1. The number of piperazine rings is 1. The van der Waals surface area contributed by atoms with Gasteiger partial charge >= 0.3 is 18.0 Å². The molecule has 3 aliphatic heterocycles. The fourth-order valence-electron chi connectivity index (χ4n) is 11.5. The van der Waals surface area contributed by atoms with Gasteiger partial charge in [-0.15, -0.1) is 11.3 Å². The van der Waals surface area contributed by atoms with Gasteiger partial charge in [-0.1, -0.05) is 17.7 Å². The number of rotatable bonds is 8. The van der Waals surface area contributed by atoms with Gasteiger partial charge in [-0.25, -0.2) is 19.0 Å². The molecule has 2 N–H and O–H groups in total. The number of hydrogen-bond acceptors (Lipinski definition) is 9. The molecule has 2 aromatic rings. The molecule has 6 saturated carbocycles. The Morgan fingerprint density at radius 2 is 1.93 bits per heavy atom. The molecule has 0 bridgehead atoms. The quantitative estimate of drug-likeness (QED) is 0.413. The first kappa shape index (κ1) is 27.6. The molecule has 2 atom stereocenters. The van der Waals surface area contributed by atoms with E-state index in [0.717, 1.165) is 0 Å². The highest BCUT2D eigenvalue weighted by molar-refractivity contribution is 7.11. The van der Waals surface area contributed by atoms with Gasteiger partial charge in [-0.05, 0) is 54.6 Å². The van der Waals surface area contributed by atoms with Crippen molar-refractivity contribution in [1.82, 2.24) is 25.0 Å². The van der Waals surface area contributed by atoms with E-state index in [-0.39, 0.29) is 47.0 Å². The summed E-state index contributed by atoms with van der Waals surface area (Å²) >= 11 is 7.94. The number of esters is 1. The fraction of sp³-hybridized carbons (Fsp3) is 0.531. The van der Waals surface area contributed by atoms with Gasteiger partial charge < -0.3 is 25.0 Å². The molecule has 46 heavy (non-hydrogen) atoms. The van der Waals surface area contributed by atoms with E-state index in [1.807, 2.05) is 10.3 Å². The van der Waals surface area contributed by atoms with Crippen LogP contribution in [0.15, 0.2) is 46.0 Å². The summed E-state index contributed by atoms with van der Waals surface area (Å²) in [5.41, 5.74) is 0.852. The molecule has 0 unspecified atom stereocenters. The standard InChI is InChI=1S/C32H30ClFN6O5S/c1-2-45-28(41)18-17(36-26(27-35-5-8-46-27)37-25(18)15-4-3-13(34)9-16(15)33)12-38-6-7-39-14(10-38)11-40(30(39)44)32-22-19-23(32)21-24(32)20(22)31(19,21)29(42)43/h3-5,8-9,14,19-25H,2,6-7,10-12H2,1H3,(H,36,37)(H,42,43)/t14-,19?,20?,21?,22?,23?,24?,25-,31?,32?/m0/s1. The summed E-state index contributed by atoms with van der Waals surface area (Å²) in [7, 11) is 0. The zero-order valence-electron chi connectivity index (χ0n) is 24.7. The third-order valence-electron chi connectivity index (χ3n) is 12.7. The Balaban J connectivity index is 0.931. The molecule has 11 rings (SSSR count). The Bertz CT molecular complexity index is 1780. The van der Waals surface area contributed by atoms with Crippen LogP contribution in [-0.4, -0.2) is 99.5 Å². The molecule has 4 heterocycles. The lowest BCUT2D eigenvalue weighted by molar-refractivity contribution is -0.625. The van der Waals surface area contributed by atoms with Crippen molar-refractivity contribution < 1.29 is 28.6 Å². The number of carboxylic acid groups (broad SMARTS) is 1. The minimum Gasteiger partial charge on any atom is -0.481 e. The molecule has 0 radical (unpaired) electrons. The molecular formula is C32H30ClFN6O5S. The Morgan fingerprint density at radius 1 is 1.17 bits per heavy atom. The van der Waals surface area contributed by atoms with Crippen molar-refractivity contribution in [2.75, 3.05) is 39.3 Å². The second kappa shape index (κ2) is 8.87. The lowest BCUT2D eigenvalue weighted by Crippen LogP contribution is -3.16. The number of nitrogens with one attached hydrogen (secondary N) is 1. The van der Waals surface area contributed by atoms with E-state index in [0.29, 0.717) is 78.2 Å². The number of amides is 2. The number of thiazole rings is 1. The van der Waals surface area contributed by atoms with Crippen LogP contribution in [0.4, 0.5) is 9.18 Å². The number of fused-ring (bicyclic) bond motifs is 1. The zero-order valence-corrected chi connectivity index (χ0v) is 26.3. The van der Waals surface area contributed by atoms with E-state index in [2.05, 4.69) is 20.1 Å². The number of nitrogens with zero attached hydrogens (tertiary/aromatic N) is 5. The van der Waals surface area contributed by atoms with Crippen LogP contribution in [0, 0.1) is 46.7 Å². The lowest BCUT2D eigenvalue weighted by atomic mass is 8.94. The van der Waals surface area contributed by atoms with Gasteiger partial charge in [0.05, 0.1) is 29.2 Å². The first-order valence-electron chi connectivity index (χ1n) is 15.9. The molecule has 9 aliphatic rings. The van der Waals surface area contributed by atoms with E-state index in [1.54, 1.807) is 19.2 Å². The van der Waals surface area contributed by atoms with Gasteiger partial charge in [0.15, 0.2) is 10.8 Å². The number of aliphatic carboxylic acids is 1. The summed E-state index contributed by atoms with van der Waals surface area (Å²) < 4.78 is 19.6. The van der Waals surface area contributed by atoms with Crippen LogP contribution >= 0.6 is 22.9 Å². The smallest absolute Gasteiger partial charge is 0.338 e. The molecule has 14 heteroatoms. The van der Waals surface area contributed by atoms with Crippen LogP contribution in [0.2, 0.25) is 5.02 Å². The molecule has 2 amide bonds. The van der Waals surface area contributed by atoms with Crippen LogP contribution in [-0.2, 0) is 14.3 Å². The Morgan fingerprint density at radius 3 is 2.59 bits per heavy atom. The van der Waals surface area contributed by atoms with Crippen LogP contribution in [0.5, 0.6) is 0 Å². The number of benzene rings is 1. The van der Waals surface area contributed by atoms with Gasteiger partial charge in [-0.2, -0.15) is 0 Å². The van der Waals surface area contributed by atoms with E-state index in [9.17, 15) is 23.9 Å². The first-order chi connectivity index (χ1) is 22.2. The summed E-state index contributed by atoms with van der Waals surface area (Å²) in [4.78, 5) is 55.0. The number of ether oxygens (including phenoxy) is 1. The number of halogens is 2. The number of hydrogen-bond donors (Lipinski definition) is 2. The number of urea groups is 1. The second-order valence-corrected chi connectivity index (χ2v) is 15.2. The van der Waals surface area contributed by atoms with Gasteiger partial charge in [0.1, 0.15) is 11.9 Å². The monoisotopic (exact) mass is 664 g/mol. The Hall–Kier alpha value is -3.55. The second-order valence-electron chi connectivity index (χ2n) is 13.9. The molecule has 8 fully saturated rings. The van der Waals surface area contributed by atoms with Crippen molar-refractivity contribution in [3.63, 3.8) is 0 Å². The largest absolute Gasteiger partial charge is 0.481 e. The number of carboxylic acids is 1. The summed E-state index contributed by atoms with van der Waals surface area (Å²) in [6.07, 6.45) is 1.68. The Kier molecular flexibility index (Phi) is 5.31. The van der Waals surface area contributed by atoms with E-state index in [1.165, 1.54) is 23.5 Å². The van der Waals surface area contributed by atoms with Gasteiger partial charge in [0, 0.05) is 60.6 Å². The highest BCUT2D eigenvalue weighted by atomic mass is 35.5. The maximum atomic E-state index is 14.1. The SMILES string of the molecule is CCOC(=O)C1=C(CN2CCN3C(=O)N(C45C6C7C4C4C5C6C74C(=O)O)C[C@@H]3C2)NC(c2nccs2)=N[C@H]1c1ccc(F)cc1Cl. The Labute approximate surface area is 272 Å².